The summed E-state index contributed by atoms with van der Waals surface area (Å²) in [7, 11) is 7.87. The standard InChI is InChI=1S/C25H31B4N3O5/c26-17-11-16-20(25(28,29)32(24(16)35)18-5-6-19(33)30-23(18)34)22(21(17)27)37-13-15-3-1-14(2-4-15)12-31-7-9-36-10-8-31/h1-4,11,18H,5-10,12-13,26-29H2,(H,30,33,34). The summed E-state index contributed by atoms with van der Waals surface area (Å²) in [5, 5.41) is 1.62. The molecule has 3 heterocycles. The van der Waals surface area contributed by atoms with Gasteiger partial charge in [-0.3, -0.25) is 24.6 Å². The average molecular weight is 497 g/mol. The summed E-state index contributed by atoms with van der Waals surface area (Å²) in [5.74, 6) is -0.219. The van der Waals surface area contributed by atoms with Crippen LogP contribution in [0.15, 0.2) is 30.3 Å². The Morgan fingerprint density at radius 2 is 1.73 bits per heavy atom. The number of rotatable bonds is 6. The second kappa shape index (κ2) is 10.1. The van der Waals surface area contributed by atoms with Crippen molar-refractivity contribution in [3.63, 3.8) is 0 Å². The van der Waals surface area contributed by atoms with E-state index in [0.29, 0.717) is 24.3 Å². The minimum absolute atomic E-state index is 0.199. The molecule has 0 saturated carbocycles. The maximum atomic E-state index is 13.6. The molecular weight excluding hydrogens is 466 g/mol. The van der Waals surface area contributed by atoms with Crippen LogP contribution in [0.5, 0.6) is 5.75 Å². The van der Waals surface area contributed by atoms with Gasteiger partial charge in [-0.2, -0.15) is 0 Å². The van der Waals surface area contributed by atoms with Gasteiger partial charge in [-0.15, -0.1) is 0 Å². The molecular formula is C25H31B4N3O5. The van der Waals surface area contributed by atoms with Crippen LogP contribution in [0.2, 0.25) is 0 Å². The van der Waals surface area contributed by atoms with Crippen LogP contribution in [-0.2, 0) is 32.8 Å². The zero-order valence-electron chi connectivity index (χ0n) is 22.1. The Bertz CT molecular complexity index is 1250. The number of ether oxygens (including phenoxy) is 2. The fourth-order valence-electron chi connectivity index (χ4n) is 5.72. The van der Waals surface area contributed by atoms with Crippen molar-refractivity contribution in [2.75, 3.05) is 26.3 Å². The summed E-state index contributed by atoms with van der Waals surface area (Å²) in [6.45, 7) is 4.75. The maximum absolute atomic E-state index is 13.6. The van der Waals surface area contributed by atoms with E-state index in [-0.39, 0.29) is 18.2 Å². The Balaban J connectivity index is 1.38. The molecule has 188 valence electrons. The van der Waals surface area contributed by atoms with Crippen molar-refractivity contribution in [1.82, 2.24) is 15.1 Å². The van der Waals surface area contributed by atoms with Crippen molar-refractivity contribution in [1.29, 1.82) is 0 Å². The van der Waals surface area contributed by atoms with Crippen LogP contribution in [-0.4, -0.2) is 91.3 Å². The minimum atomic E-state index is -0.773. The van der Waals surface area contributed by atoms with Crippen LogP contribution in [0.4, 0.5) is 0 Å². The lowest BCUT2D eigenvalue weighted by atomic mass is 9.56. The predicted molar refractivity (Wildman–Crippen MR) is 151 cm³/mol. The number of imide groups is 1. The third kappa shape index (κ3) is 4.84. The number of amides is 3. The molecule has 0 spiro atoms. The highest BCUT2D eigenvalue weighted by Gasteiger charge is 2.50. The average Bonchev–Trinajstić information content (AvgIpc) is 3.06. The van der Waals surface area contributed by atoms with Crippen LogP contribution in [0.3, 0.4) is 0 Å². The van der Waals surface area contributed by atoms with Gasteiger partial charge in [0.05, 0.1) is 13.2 Å². The summed E-state index contributed by atoms with van der Waals surface area (Å²) >= 11 is 0. The molecule has 0 radical (unpaired) electrons. The van der Waals surface area contributed by atoms with E-state index in [1.54, 1.807) is 4.90 Å². The Kier molecular flexibility index (Phi) is 6.98. The normalized spacial score (nSPS) is 21.6. The largest absolute Gasteiger partial charge is 0.489 e. The molecule has 2 fully saturated rings. The molecule has 1 unspecified atom stereocenters. The number of nitrogens with one attached hydrogen (secondary N) is 1. The first-order valence-electron chi connectivity index (χ1n) is 13.0. The number of carbonyl (C=O) groups excluding carboxylic acids is 3. The summed E-state index contributed by atoms with van der Waals surface area (Å²) in [4.78, 5) is 42.1. The second-order valence-corrected chi connectivity index (χ2v) is 10.8. The number of morpholine rings is 1. The van der Waals surface area contributed by atoms with Crippen LogP contribution in [0, 0.1) is 0 Å². The van der Waals surface area contributed by atoms with Gasteiger partial charge in [-0.1, -0.05) is 41.3 Å². The quantitative estimate of drug-likeness (QED) is 0.327. The third-order valence-corrected chi connectivity index (χ3v) is 7.89. The van der Waals surface area contributed by atoms with E-state index in [1.807, 2.05) is 37.5 Å². The lowest BCUT2D eigenvalue weighted by Gasteiger charge is -2.40. The van der Waals surface area contributed by atoms with Gasteiger partial charge in [0.15, 0.2) is 0 Å². The van der Waals surface area contributed by atoms with Crippen molar-refractivity contribution in [2.45, 2.75) is 37.4 Å². The first kappa shape index (κ1) is 25.7. The fraction of sp³-hybridized carbons (Fsp3) is 0.400. The number of hydrogen-bond acceptors (Lipinski definition) is 6. The summed E-state index contributed by atoms with van der Waals surface area (Å²) in [6.07, 6.45) is 0.536. The van der Waals surface area contributed by atoms with Crippen molar-refractivity contribution < 1.29 is 23.9 Å². The van der Waals surface area contributed by atoms with E-state index in [4.69, 9.17) is 9.47 Å². The van der Waals surface area contributed by atoms with E-state index >= 15 is 0 Å². The highest BCUT2D eigenvalue weighted by atomic mass is 16.5. The Labute approximate surface area is 221 Å². The number of piperidine rings is 1. The molecule has 0 aromatic heterocycles. The van der Waals surface area contributed by atoms with Crippen LogP contribution in [0.1, 0.15) is 39.9 Å². The number of hydrogen-bond donors (Lipinski definition) is 1. The van der Waals surface area contributed by atoms with Gasteiger partial charge in [0.25, 0.3) is 5.91 Å². The first-order valence-corrected chi connectivity index (χ1v) is 13.0. The molecule has 0 aliphatic carbocycles. The third-order valence-electron chi connectivity index (χ3n) is 7.89. The number of nitrogens with zero attached hydrogens (tertiary/aromatic N) is 2. The molecule has 37 heavy (non-hydrogen) atoms. The van der Waals surface area contributed by atoms with E-state index in [1.165, 1.54) is 5.56 Å². The zero-order valence-corrected chi connectivity index (χ0v) is 22.1. The molecule has 8 nitrogen and oxygen atoms in total. The van der Waals surface area contributed by atoms with Crippen molar-refractivity contribution in [2.24, 2.45) is 0 Å². The predicted octanol–water partition coefficient (Wildman–Crippen LogP) is -3.75. The first-order chi connectivity index (χ1) is 17.7. The molecule has 5 rings (SSSR count). The van der Waals surface area contributed by atoms with Gasteiger partial charge in [-0.25, -0.2) is 0 Å². The highest BCUT2D eigenvalue weighted by molar-refractivity contribution is 6.51. The van der Waals surface area contributed by atoms with Crippen molar-refractivity contribution in [3.05, 3.63) is 52.6 Å². The van der Waals surface area contributed by atoms with Gasteiger partial charge in [0, 0.05) is 42.5 Å². The summed E-state index contributed by atoms with van der Waals surface area (Å²) in [5.41, 5.74) is 5.61. The summed E-state index contributed by atoms with van der Waals surface area (Å²) in [6, 6.07) is 9.66. The fourth-order valence-corrected chi connectivity index (χ4v) is 5.72. The highest BCUT2D eigenvalue weighted by Crippen LogP contribution is 2.41. The van der Waals surface area contributed by atoms with Gasteiger partial charge in [0.1, 0.15) is 49.8 Å². The SMILES string of the molecule is Bc1cc2c(c(OCc3ccc(CN4CCOCC4)cc3)c1B)C(B)(B)N(C1CCC(=O)NC1=O)C2=O. The summed E-state index contributed by atoms with van der Waals surface area (Å²) < 4.78 is 11.9. The molecule has 3 aliphatic heterocycles. The monoisotopic (exact) mass is 497 g/mol. The van der Waals surface area contributed by atoms with E-state index in [9.17, 15) is 14.4 Å². The number of benzene rings is 2. The minimum Gasteiger partial charge on any atom is -0.489 e. The zero-order chi connectivity index (χ0) is 26.3. The van der Waals surface area contributed by atoms with E-state index in [2.05, 4.69) is 34.5 Å². The molecule has 2 aromatic rings. The molecule has 3 amide bonds. The van der Waals surface area contributed by atoms with Crippen LogP contribution in [0.25, 0.3) is 0 Å². The molecule has 2 aromatic carbocycles. The maximum Gasteiger partial charge on any atom is 0.254 e. The van der Waals surface area contributed by atoms with Gasteiger partial charge in [0.2, 0.25) is 11.8 Å². The van der Waals surface area contributed by atoms with Gasteiger partial charge in [-0.05, 0) is 17.5 Å². The van der Waals surface area contributed by atoms with E-state index < -0.39 is 17.3 Å². The van der Waals surface area contributed by atoms with Crippen LogP contribution >= 0.6 is 0 Å². The molecule has 3 aliphatic rings. The Morgan fingerprint density at radius 3 is 2.41 bits per heavy atom. The molecule has 1 atom stereocenters. The number of carbonyl (C=O) groups is 3. The number of fused-ring (bicyclic) bond motifs is 1. The topological polar surface area (TPSA) is 88.2 Å². The van der Waals surface area contributed by atoms with Crippen molar-refractivity contribution in [3.8, 4) is 5.75 Å². The molecule has 1 N–H and O–H groups in total. The smallest absolute Gasteiger partial charge is 0.254 e. The Morgan fingerprint density at radius 1 is 1.05 bits per heavy atom. The molecule has 2 saturated heterocycles. The van der Waals surface area contributed by atoms with Gasteiger partial charge >= 0.3 is 0 Å². The van der Waals surface area contributed by atoms with Gasteiger partial charge < -0.3 is 14.4 Å². The molecule has 12 heteroatoms. The van der Waals surface area contributed by atoms with Crippen LogP contribution < -0.4 is 21.0 Å². The Hall–Kier alpha value is -2.97. The van der Waals surface area contributed by atoms with Crippen molar-refractivity contribution >= 4 is 60.0 Å². The lowest BCUT2D eigenvalue weighted by molar-refractivity contribution is -0.137. The second-order valence-electron chi connectivity index (χ2n) is 10.8. The molecule has 0 bridgehead atoms. The van der Waals surface area contributed by atoms with E-state index in [0.717, 1.165) is 54.9 Å². The lowest BCUT2D eigenvalue weighted by Crippen LogP contribution is -2.59.